The highest BCUT2D eigenvalue weighted by atomic mass is 16.2. The molecule has 0 unspecified atom stereocenters. The number of piperidine rings is 1. The molecular formula is C31H37N5O2. The minimum absolute atomic E-state index is 0.00522. The number of hydrogen-bond donors (Lipinski definition) is 4. The maximum Gasteiger partial charge on any atom is 0.317 e. The molecule has 1 saturated heterocycles. The Balaban J connectivity index is 1.17. The summed E-state index contributed by atoms with van der Waals surface area (Å²) in [7, 11) is 0. The molecule has 198 valence electrons. The molecule has 1 fully saturated rings. The Morgan fingerprint density at radius 1 is 0.816 bits per heavy atom. The number of benzene rings is 3. The lowest BCUT2D eigenvalue weighted by Gasteiger charge is -2.32. The van der Waals surface area contributed by atoms with Crippen molar-refractivity contribution in [3.8, 4) is 0 Å². The maximum atomic E-state index is 12.8. The van der Waals surface area contributed by atoms with Crippen LogP contribution in [-0.4, -0.2) is 48.9 Å². The summed E-state index contributed by atoms with van der Waals surface area (Å²) in [6.07, 6.45) is 3.61. The summed E-state index contributed by atoms with van der Waals surface area (Å²) in [5.41, 5.74) is 9.14. The Hall–Kier alpha value is -4.13. The van der Waals surface area contributed by atoms with Crippen LogP contribution in [0.1, 0.15) is 58.6 Å². The molecule has 3 aromatic rings. The van der Waals surface area contributed by atoms with E-state index in [1.807, 2.05) is 17.0 Å². The van der Waals surface area contributed by atoms with Crippen LogP contribution < -0.4 is 16.4 Å². The standard InChI is InChI=1S/C31H37N5O2/c32-29(33)26-11-13-27(14-12-26)30(37)34-19-15-23-17-21-36(22-18-23)31(38)35-20-16-28(24-7-3-1-4-8-24)25-9-5-2-6-10-25/h1-14,23,28H,15-22H2,(H3,32,33)(H,34,37)(H,35,38). The third kappa shape index (κ3) is 7.44. The van der Waals surface area contributed by atoms with Crippen molar-refractivity contribution >= 4 is 17.8 Å². The SMILES string of the molecule is N=C(N)c1ccc(C(=O)NCCC2CCN(C(=O)NCCC(c3ccccc3)c3ccccc3)CC2)cc1. The molecule has 1 heterocycles. The van der Waals surface area contributed by atoms with Gasteiger partial charge in [-0.15, -0.1) is 0 Å². The van der Waals surface area contributed by atoms with Gasteiger partial charge in [-0.05, 0) is 54.9 Å². The van der Waals surface area contributed by atoms with Gasteiger partial charge in [-0.2, -0.15) is 0 Å². The molecule has 38 heavy (non-hydrogen) atoms. The number of amidine groups is 1. The highest BCUT2D eigenvalue weighted by Crippen LogP contribution is 2.27. The van der Waals surface area contributed by atoms with Crippen LogP contribution in [0.2, 0.25) is 0 Å². The number of nitrogens with two attached hydrogens (primary N) is 1. The molecule has 0 atom stereocenters. The molecule has 0 bridgehead atoms. The fourth-order valence-electron chi connectivity index (χ4n) is 5.05. The maximum absolute atomic E-state index is 12.8. The van der Waals surface area contributed by atoms with Crippen LogP contribution in [0.5, 0.6) is 0 Å². The number of carbonyl (C=O) groups excluding carboxylic acids is 2. The number of amides is 3. The van der Waals surface area contributed by atoms with Gasteiger partial charge in [0.25, 0.3) is 5.91 Å². The molecule has 0 spiro atoms. The summed E-state index contributed by atoms with van der Waals surface area (Å²) >= 11 is 0. The fraction of sp³-hybridized carbons (Fsp3) is 0.323. The largest absolute Gasteiger partial charge is 0.384 e. The van der Waals surface area contributed by atoms with Crippen LogP contribution in [-0.2, 0) is 0 Å². The molecule has 7 nitrogen and oxygen atoms in total. The normalized spacial score (nSPS) is 13.8. The van der Waals surface area contributed by atoms with E-state index >= 15 is 0 Å². The van der Waals surface area contributed by atoms with Crippen molar-refractivity contribution in [2.45, 2.75) is 31.6 Å². The monoisotopic (exact) mass is 511 g/mol. The van der Waals surface area contributed by atoms with Crippen molar-refractivity contribution in [3.63, 3.8) is 0 Å². The summed E-state index contributed by atoms with van der Waals surface area (Å²) in [6.45, 7) is 2.69. The molecule has 0 radical (unpaired) electrons. The van der Waals surface area contributed by atoms with E-state index in [1.54, 1.807) is 24.3 Å². The van der Waals surface area contributed by atoms with Crippen LogP contribution in [0.4, 0.5) is 4.79 Å². The van der Waals surface area contributed by atoms with Gasteiger partial charge in [0, 0.05) is 43.2 Å². The molecule has 4 rings (SSSR count). The van der Waals surface area contributed by atoms with Crippen molar-refractivity contribution < 1.29 is 9.59 Å². The summed E-state index contributed by atoms with van der Waals surface area (Å²) in [5.74, 6) is 0.590. The summed E-state index contributed by atoms with van der Waals surface area (Å²) < 4.78 is 0. The first-order valence-electron chi connectivity index (χ1n) is 13.4. The van der Waals surface area contributed by atoms with E-state index in [0.717, 1.165) is 38.8 Å². The van der Waals surface area contributed by atoms with E-state index in [4.69, 9.17) is 11.1 Å². The van der Waals surface area contributed by atoms with Gasteiger partial charge in [0.15, 0.2) is 0 Å². The van der Waals surface area contributed by atoms with Gasteiger partial charge < -0.3 is 21.3 Å². The molecule has 7 heteroatoms. The number of likely N-dealkylation sites (tertiary alicyclic amines) is 1. The van der Waals surface area contributed by atoms with Gasteiger partial charge in [0.05, 0.1) is 0 Å². The van der Waals surface area contributed by atoms with Crippen LogP contribution in [0.3, 0.4) is 0 Å². The zero-order valence-electron chi connectivity index (χ0n) is 21.7. The van der Waals surface area contributed by atoms with Crippen molar-refractivity contribution in [3.05, 3.63) is 107 Å². The van der Waals surface area contributed by atoms with E-state index in [-0.39, 0.29) is 23.7 Å². The average Bonchev–Trinajstić information content (AvgIpc) is 2.96. The highest BCUT2D eigenvalue weighted by Gasteiger charge is 2.23. The molecule has 0 saturated carbocycles. The molecule has 0 aliphatic carbocycles. The lowest BCUT2D eigenvalue weighted by Crippen LogP contribution is -2.45. The first-order valence-corrected chi connectivity index (χ1v) is 13.4. The number of urea groups is 1. The lowest BCUT2D eigenvalue weighted by molar-refractivity contribution is 0.0949. The van der Waals surface area contributed by atoms with E-state index in [2.05, 4.69) is 59.2 Å². The number of carbonyl (C=O) groups is 2. The molecule has 3 amide bonds. The molecule has 0 aromatic heterocycles. The van der Waals surface area contributed by atoms with Crippen molar-refractivity contribution in [2.75, 3.05) is 26.2 Å². The molecule has 1 aliphatic rings. The topological polar surface area (TPSA) is 111 Å². The number of nitrogens with zero attached hydrogens (tertiary/aromatic N) is 1. The molecule has 5 N–H and O–H groups in total. The van der Waals surface area contributed by atoms with E-state index < -0.39 is 0 Å². The third-order valence-electron chi connectivity index (χ3n) is 7.31. The van der Waals surface area contributed by atoms with Gasteiger partial charge in [-0.1, -0.05) is 72.8 Å². The van der Waals surface area contributed by atoms with Gasteiger partial charge in [0.2, 0.25) is 0 Å². The van der Waals surface area contributed by atoms with Crippen LogP contribution in [0, 0.1) is 11.3 Å². The first-order chi connectivity index (χ1) is 18.5. The zero-order chi connectivity index (χ0) is 26.7. The minimum Gasteiger partial charge on any atom is -0.384 e. The Kier molecular flexibility index (Phi) is 9.51. The van der Waals surface area contributed by atoms with E-state index in [1.165, 1.54) is 11.1 Å². The third-order valence-corrected chi connectivity index (χ3v) is 7.31. The summed E-state index contributed by atoms with van der Waals surface area (Å²) in [4.78, 5) is 27.1. The predicted octanol–water partition coefficient (Wildman–Crippen LogP) is 4.73. The fourth-order valence-corrected chi connectivity index (χ4v) is 5.05. The highest BCUT2D eigenvalue weighted by molar-refractivity contribution is 5.98. The molecular weight excluding hydrogens is 474 g/mol. The second kappa shape index (κ2) is 13.4. The van der Waals surface area contributed by atoms with Gasteiger partial charge >= 0.3 is 6.03 Å². The number of hydrogen-bond acceptors (Lipinski definition) is 3. The van der Waals surface area contributed by atoms with E-state index in [9.17, 15) is 9.59 Å². The molecule has 1 aliphatic heterocycles. The Bertz CT molecular complexity index is 1150. The lowest BCUT2D eigenvalue weighted by atomic mass is 9.88. The number of nitrogens with one attached hydrogen (secondary N) is 3. The smallest absolute Gasteiger partial charge is 0.317 e. The van der Waals surface area contributed by atoms with Crippen LogP contribution in [0.15, 0.2) is 84.9 Å². The van der Waals surface area contributed by atoms with Crippen molar-refractivity contribution in [1.82, 2.24) is 15.5 Å². The Labute approximate surface area is 224 Å². The van der Waals surface area contributed by atoms with Gasteiger partial charge in [0.1, 0.15) is 5.84 Å². The van der Waals surface area contributed by atoms with Crippen LogP contribution >= 0.6 is 0 Å². The minimum atomic E-state index is -0.124. The predicted molar refractivity (Wildman–Crippen MR) is 151 cm³/mol. The summed E-state index contributed by atoms with van der Waals surface area (Å²) in [6, 6.07) is 27.6. The summed E-state index contributed by atoms with van der Waals surface area (Å²) in [5, 5.41) is 13.6. The van der Waals surface area contributed by atoms with Crippen molar-refractivity contribution in [2.24, 2.45) is 11.7 Å². The second-order valence-corrected chi connectivity index (χ2v) is 9.86. The van der Waals surface area contributed by atoms with Gasteiger partial charge in [-0.25, -0.2) is 4.79 Å². The number of nitrogen functional groups attached to an aromatic ring is 1. The first kappa shape index (κ1) is 26.9. The Morgan fingerprint density at radius 2 is 1.37 bits per heavy atom. The zero-order valence-corrected chi connectivity index (χ0v) is 21.7. The Morgan fingerprint density at radius 3 is 1.92 bits per heavy atom. The average molecular weight is 512 g/mol. The van der Waals surface area contributed by atoms with E-state index in [0.29, 0.717) is 30.1 Å². The number of rotatable bonds is 10. The quantitative estimate of drug-likeness (QED) is 0.233. The van der Waals surface area contributed by atoms with Gasteiger partial charge in [-0.3, -0.25) is 10.2 Å². The molecule has 3 aromatic carbocycles. The second-order valence-electron chi connectivity index (χ2n) is 9.86. The van der Waals surface area contributed by atoms with Crippen molar-refractivity contribution in [1.29, 1.82) is 5.41 Å². The van der Waals surface area contributed by atoms with Crippen LogP contribution in [0.25, 0.3) is 0 Å².